The van der Waals surface area contributed by atoms with Crippen molar-refractivity contribution in [3.05, 3.63) is 106 Å². The van der Waals surface area contributed by atoms with Gasteiger partial charge in [-0.05, 0) is 136 Å². The van der Waals surface area contributed by atoms with Crippen LogP contribution in [0.15, 0.2) is 60.7 Å². The molecule has 1 aromatic heterocycles. The topological polar surface area (TPSA) is 71.9 Å². The van der Waals surface area contributed by atoms with Crippen molar-refractivity contribution in [1.82, 2.24) is 9.88 Å². The van der Waals surface area contributed by atoms with Crippen LogP contribution < -0.4 is 4.74 Å². The molecule has 47 heavy (non-hydrogen) atoms. The Morgan fingerprint density at radius 1 is 0.957 bits per heavy atom. The molecule has 6 nitrogen and oxygen atoms in total. The van der Waals surface area contributed by atoms with Gasteiger partial charge in [-0.2, -0.15) is 0 Å². The second-order valence-electron chi connectivity index (χ2n) is 13.9. The highest BCUT2D eigenvalue weighted by atomic mass is 19.1. The number of aliphatic carboxylic acids is 1. The van der Waals surface area contributed by atoms with E-state index in [0.717, 1.165) is 96.6 Å². The van der Waals surface area contributed by atoms with Gasteiger partial charge >= 0.3 is 5.97 Å². The van der Waals surface area contributed by atoms with E-state index in [0.29, 0.717) is 17.9 Å². The smallest absolute Gasteiger partial charge is 0.337 e. The quantitative estimate of drug-likeness (QED) is 0.199. The molecule has 0 aliphatic carbocycles. The maximum atomic E-state index is 13.3. The first kappa shape index (κ1) is 32.9. The summed E-state index contributed by atoms with van der Waals surface area (Å²) >= 11 is 0. The fourth-order valence-electron chi connectivity index (χ4n) is 7.06. The first-order chi connectivity index (χ1) is 22.5. The summed E-state index contributed by atoms with van der Waals surface area (Å²) in [5.41, 5.74) is 10.1. The lowest BCUT2D eigenvalue weighted by atomic mass is 9.84. The number of aromatic nitrogens is 1. The van der Waals surface area contributed by atoms with Crippen molar-refractivity contribution in [2.75, 3.05) is 19.7 Å². The number of pyridine rings is 1. The van der Waals surface area contributed by atoms with Gasteiger partial charge in [0, 0.05) is 35.6 Å². The van der Waals surface area contributed by atoms with Crippen LogP contribution in [-0.4, -0.2) is 46.3 Å². The summed E-state index contributed by atoms with van der Waals surface area (Å²) in [5, 5.41) is 10.5. The zero-order valence-corrected chi connectivity index (χ0v) is 28.2. The number of nitrogens with zero attached hydrogens (tertiary/aromatic N) is 2. The summed E-state index contributed by atoms with van der Waals surface area (Å²) in [4.78, 5) is 20.3. The highest BCUT2D eigenvalue weighted by Gasteiger charge is 2.34. The van der Waals surface area contributed by atoms with Gasteiger partial charge in [-0.3, -0.25) is 9.88 Å². The lowest BCUT2D eigenvalue weighted by Crippen LogP contribution is -2.31. The molecule has 2 aliphatic rings. The molecule has 246 valence electrons. The summed E-state index contributed by atoms with van der Waals surface area (Å²) in [7, 11) is 0. The van der Waals surface area contributed by atoms with Gasteiger partial charge in [0.2, 0.25) is 0 Å². The van der Waals surface area contributed by atoms with Crippen molar-refractivity contribution in [1.29, 1.82) is 0 Å². The van der Waals surface area contributed by atoms with Crippen LogP contribution >= 0.6 is 0 Å². The number of carboxylic acids is 1. The average Bonchev–Trinajstić information content (AvgIpc) is 3.03. The molecule has 4 aromatic rings. The lowest BCUT2D eigenvalue weighted by Gasteiger charge is -2.31. The van der Waals surface area contributed by atoms with E-state index in [2.05, 4.69) is 29.2 Å². The van der Waals surface area contributed by atoms with Gasteiger partial charge in [-0.15, -0.1) is 0 Å². The first-order valence-corrected chi connectivity index (χ1v) is 16.7. The summed E-state index contributed by atoms with van der Waals surface area (Å²) in [6.07, 6.45) is 3.55. The Balaban J connectivity index is 1.37. The molecule has 1 N–H and O–H groups in total. The Labute approximate surface area is 277 Å². The number of ether oxygens (including phenoxy) is 2. The lowest BCUT2D eigenvalue weighted by molar-refractivity contribution is -0.160. The van der Waals surface area contributed by atoms with E-state index >= 15 is 0 Å². The van der Waals surface area contributed by atoms with E-state index in [4.69, 9.17) is 14.5 Å². The van der Waals surface area contributed by atoms with Crippen molar-refractivity contribution >= 4 is 5.97 Å². The van der Waals surface area contributed by atoms with E-state index in [1.54, 1.807) is 0 Å². The number of carbonyl (C=O) groups is 1. The minimum atomic E-state index is -1.19. The number of carboxylic acid groups (broad SMARTS) is 1. The van der Waals surface area contributed by atoms with Gasteiger partial charge in [0.05, 0.1) is 12.2 Å². The van der Waals surface area contributed by atoms with Gasteiger partial charge < -0.3 is 14.6 Å². The van der Waals surface area contributed by atoms with E-state index in [1.165, 1.54) is 23.3 Å². The van der Waals surface area contributed by atoms with E-state index < -0.39 is 17.7 Å². The maximum Gasteiger partial charge on any atom is 0.337 e. The molecule has 0 saturated heterocycles. The average molecular weight is 637 g/mol. The van der Waals surface area contributed by atoms with Crippen LogP contribution in [0.4, 0.5) is 4.39 Å². The number of hydrogen-bond acceptors (Lipinski definition) is 5. The molecule has 0 radical (unpaired) electrons. The van der Waals surface area contributed by atoms with Crippen LogP contribution in [-0.2, 0) is 35.3 Å². The third kappa shape index (κ3) is 7.42. The van der Waals surface area contributed by atoms with Gasteiger partial charge in [0.15, 0.2) is 6.10 Å². The van der Waals surface area contributed by atoms with Gasteiger partial charge in [-0.25, -0.2) is 9.18 Å². The zero-order chi connectivity index (χ0) is 33.3. The Morgan fingerprint density at radius 3 is 2.43 bits per heavy atom. The van der Waals surface area contributed by atoms with E-state index in [-0.39, 0.29) is 5.82 Å². The van der Waals surface area contributed by atoms with Crippen molar-refractivity contribution in [2.24, 2.45) is 0 Å². The van der Waals surface area contributed by atoms with Gasteiger partial charge in [0.25, 0.3) is 0 Å². The Morgan fingerprint density at radius 2 is 1.68 bits per heavy atom. The normalized spacial score (nSPS) is 15.4. The maximum absolute atomic E-state index is 13.3. The number of benzene rings is 3. The molecule has 0 bridgehead atoms. The molecule has 6 rings (SSSR count). The van der Waals surface area contributed by atoms with Crippen molar-refractivity contribution in [3.8, 4) is 28.0 Å². The standard InChI is InChI=1S/C40H45FN2O4/c1-25-35(30-12-13-32-24-43(20-18-28(32)22-30)19-6-8-27-10-15-33(41)16-11-27)37(31-14-17-34-29(23-31)9-7-21-46-34)36(26(2)42-25)38(39(44)45)47-40(3,4)5/h10-17,22-23,38H,6-9,18-21,24H2,1-5H3,(H,44,45). The Hall–Kier alpha value is -4.07. The highest BCUT2D eigenvalue weighted by molar-refractivity contribution is 5.91. The molecule has 2 aliphatic heterocycles. The molecule has 1 unspecified atom stereocenters. The summed E-state index contributed by atoms with van der Waals surface area (Å²) in [6, 6.07) is 19.7. The molecule has 1 atom stereocenters. The van der Waals surface area contributed by atoms with E-state index in [9.17, 15) is 14.3 Å². The predicted molar refractivity (Wildman–Crippen MR) is 183 cm³/mol. The minimum absolute atomic E-state index is 0.196. The van der Waals surface area contributed by atoms with Crippen molar-refractivity contribution in [2.45, 2.75) is 85.0 Å². The molecule has 0 saturated carbocycles. The van der Waals surface area contributed by atoms with Crippen LogP contribution in [0.3, 0.4) is 0 Å². The van der Waals surface area contributed by atoms with Crippen molar-refractivity contribution in [3.63, 3.8) is 0 Å². The third-order valence-electron chi connectivity index (χ3n) is 9.20. The third-order valence-corrected chi connectivity index (χ3v) is 9.20. The second kappa shape index (κ2) is 13.6. The molecule has 0 spiro atoms. The largest absolute Gasteiger partial charge is 0.493 e. The molecule has 0 fully saturated rings. The van der Waals surface area contributed by atoms with Gasteiger partial charge in [-0.1, -0.05) is 36.4 Å². The summed E-state index contributed by atoms with van der Waals surface area (Å²) in [6.45, 7) is 13.1. The number of hydrogen-bond donors (Lipinski definition) is 1. The highest BCUT2D eigenvalue weighted by Crippen LogP contribution is 2.44. The van der Waals surface area contributed by atoms with Crippen molar-refractivity contribution < 1.29 is 23.8 Å². The fourth-order valence-corrected chi connectivity index (χ4v) is 7.06. The van der Waals surface area contributed by atoms with Crippen LogP contribution in [0.25, 0.3) is 22.3 Å². The summed E-state index contributed by atoms with van der Waals surface area (Å²) < 4.78 is 25.5. The monoisotopic (exact) mass is 636 g/mol. The second-order valence-corrected chi connectivity index (χ2v) is 13.9. The fraction of sp³-hybridized carbons (Fsp3) is 0.400. The van der Waals surface area contributed by atoms with Crippen LogP contribution in [0, 0.1) is 19.7 Å². The minimum Gasteiger partial charge on any atom is -0.493 e. The number of aryl methyl sites for hydroxylation is 4. The zero-order valence-electron chi connectivity index (χ0n) is 28.2. The molecule has 3 aromatic carbocycles. The molecule has 7 heteroatoms. The van der Waals surface area contributed by atoms with Gasteiger partial charge in [0.1, 0.15) is 11.6 Å². The molecular formula is C40H45FN2O4. The molecule has 3 heterocycles. The summed E-state index contributed by atoms with van der Waals surface area (Å²) in [5.74, 6) is -0.340. The molecular weight excluding hydrogens is 591 g/mol. The SMILES string of the molecule is Cc1nc(C)c(C(OC(C)(C)C)C(=O)O)c(-c2ccc3c(c2)CCCO3)c1-c1ccc2c(c1)CCN(CCCc1ccc(F)cc1)C2. The van der Waals surface area contributed by atoms with Crippen LogP contribution in [0.2, 0.25) is 0 Å². The predicted octanol–water partition coefficient (Wildman–Crippen LogP) is 8.43. The Kier molecular flexibility index (Phi) is 9.49. The first-order valence-electron chi connectivity index (χ1n) is 16.7. The number of fused-ring (bicyclic) bond motifs is 2. The van der Waals surface area contributed by atoms with E-state index in [1.807, 2.05) is 58.9 Å². The Bertz CT molecular complexity index is 1780. The number of rotatable bonds is 9. The molecule has 0 amide bonds. The van der Waals surface area contributed by atoms with Crippen LogP contribution in [0.1, 0.15) is 78.9 Å². The number of halogens is 1. The van der Waals surface area contributed by atoms with Crippen LogP contribution in [0.5, 0.6) is 5.75 Å².